The maximum atomic E-state index is 12.5. The van der Waals surface area contributed by atoms with Gasteiger partial charge in [-0.2, -0.15) is 4.98 Å². The quantitative estimate of drug-likeness (QED) is 0.550. The summed E-state index contributed by atoms with van der Waals surface area (Å²) in [4.78, 5) is 18.5. The number of halogens is 3. The average Bonchev–Trinajstić information content (AvgIpc) is 3.29. The average molecular weight is 461 g/mol. The molecular weight excluding hydrogens is 435 g/mol. The number of hydrogen-bond acceptors (Lipinski definition) is 6. The number of nitrogens with zero attached hydrogens (tertiary/aromatic N) is 3. The summed E-state index contributed by atoms with van der Waals surface area (Å²) in [6.07, 6.45) is 2.03. The molecule has 0 radical (unpaired) electrons. The van der Waals surface area contributed by atoms with E-state index in [4.69, 9.17) is 4.52 Å². The van der Waals surface area contributed by atoms with E-state index in [1.54, 1.807) is 6.08 Å². The Morgan fingerprint density at radius 2 is 2.15 bits per heavy atom. The second-order valence-electron chi connectivity index (χ2n) is 8.73. The highest BCUT2D eigenvalue weighted by molar-refractivity contribution is 5.58. The molecule has 0 saturated carbocycles. The van der Waals surface area contributed by atoms with Crippen LogP contribution in [0.1, 0.15) is 49.4 Å². The second kappa shape index (κ2) is 9.03. The molecule has 1 fully saturated rings. The van der Waals surface area contributed by atoms with Crippen LogP contribution in [-0.4, -0.2) is 35.9 Å². The third-order valence-corrected chi connectivity index (χ3v) is 6.38. The number of ether oxygens (including phenoxy) is 1. The fourth-order valence-corrected chi connectivity index (χ4v) is 4.51. The monoisotopic (exact) mass is 461 g/mol. The lowest BCUT2D eigenvalue weighted by molar-refractivity contribution is -0.303. The summed E-state index contributed by atoms with van der Waals surface area (Å²) in [5.41, 5.74) is 1.50. The fraction of sp³-hybridized carbons (Fsp3) is 0.458. The minimum Gasteiger partial charge on any atom is -0.406 e. The fourth-order valence-electron chi connectivity index (χ4n) is 4.51. The summed E-state index contributed by atoms with van der Waals surface area (Å²) < 4.78 is 47.2. The first-order chi connectivity index (χ1) is 15.7. The molecule has 2 aromatic rings. The Balaban J connectivity index is 1.54. The van der Waals surface area contributed by atoms with Gasteiger partial charge in [-0.25, -0.2) is 0 Å². The van der Waals surface area contributed by atoms with Gasteiger partial charge in [0, 0.05) is 24.7 Å². The first-order valence-corrected chi connectivity index (χ1v) is 11.0. The van der Waals surface area contributed by atoms with Gasteiger partial charge >= 0.3 is 6.36 Å². The Bertz CT molecular complexity index is 1060. The molecule has 0 N–H and O–H groups in total. The molecule has 0 bridgehead atoms. The zero-order valence-corrected chi connectivity index (χ0v) is 18.5. The van der Waals surface area contributed by atoms with Crippen molar-refractivity contribution < 1.29 is 27.2 Å². The number of carbonyl (C=O) groups is 1. The lowest BCUT2D eigenvalue weighted by Gasteiger charge is -2.36. The summed E-state index contributed by atoms with van der Waals surface area (Å²) in [6.45, 7) is 5.20. The molecule has 33 heavy (non-hydrogen) atoms. The molecule has 2 heterocycles. The molecule has 3 atom stereocenters. The van der Waals surface area contributed by atoms with Gasteiger partial charge in [0.15, 0.2) is 5.82 Å². The van der Waals surface area contributed by atoms with Crippen molar-refractivity contribution in [2.75, 3.05) is 18.0 Å². The summed E-state index contributed by atoms with van der Waals surface area (Å²) in [6, 6.07) is 8.10. The first-order valence-electron chi connectivity index (χ1n) is 11.0. The van der Waals surface area contributed by atoms with Gasteiger partial charge in [0.25, 0.3) is 0 Å². The number of aromatic nitrogens is 2. The molecule has 3 unspecified atom stereocenters. The molecule has 176 valence electrons. The Hall–Kier alpha value is -3.10. The van der Waals surface area contributed by atoms with Crippen LogP contribution < -0.4 is 4.90 Å². The number of anilines is 1. The molecule has 9 heteroatoms. The lowest BCUT2D eigenvalue weighted by atomic mass is 9.78. The zero-order chi connectivity index (χ0) is 23.6. The summed E-state index contributed by atoms with van der Waals surface area (Å²) in [7, 11) is 0. The predicted octanol–water partition coefficient (Wildman–Crippen LogP) is 5.22. The van der Waals surface area contributed by atoms with E-state index >= 15 is 0 Å². The normalized spacial score (nSPS) is 25.6. The third-order valence-electron chi connectivity index (χ3n) is 6.38. The van der Waals surface area contributed by atoms with Crippen LogP contribution in [0.5, 0.6) is 0 Å². The molecule has 6 nitrogen and oxygen atoms in total. The number of piperidine rings is 1. The van der Waals surface area contributed by atoms with E-state index in [-0.39, 0.29) is 24.0 Å². The van der Waals surface area contributed by atoms with Crippen LogP contribution in [0.3, 0.4) is 0 Å². The highest BCUT2D eigenvalue weighted by Gasteiger charge is 2.39. The van der Waals surface area contributed by atoms with Crippen LogP contribution in [0, 0.1) is 12.8 Å². The van der Waals surface area contributed by atoms with Crippen LogP contribution in [0.2, 0.25) is 0 Å². The first kappa shape index (κ1) is 23.1. The Labute approximate surface area is 190 Å². The van der Waals surface area contributed by atoms with Gasteiger partial charge in [-0.1, -0.05) is 30.3 Å². The maximum absolute atomic E-state index is 12.5. The number of rotatable bonds is 6. The van der Waals surface area contributed by atoms with Crippen molar-refractivity contribution in [3.05, 3.63) is 65.5 Å². The number of hydrogen-bond donors (Lipinski definition) is 0. The van der Waals surface area contributed by atoms with Crippen LogP contribution in [0.25, 0.3) is 0 Å². The van der Waals surface area contributed by atoms with Gasteiger partial charge in [0.1, 0.15) is 12.0 Å². The number of carbonyl (C=O) groups excluding carboxylic acids is 1. The van der Waals surface area contributed by atoms with E-state index < -0.39 is 11.8 Å². The predicted molar refractivity (Wildman–Crippen MR) is 116 cm³/mol. The Morgan fingerprint density at radius 3 is 2.79 bits per heavy atom. The van der Waals surface area contributed by atoms with Gasteiger partial charge in [0.2, 0.25) is 5.89 Å². The molecule has 1 aliphatic carbocycles. The van der Waals surface area contributed by atoms with E-state index in [0.717, 1.165) is 17.5 Å². The van der Waals surface area contributed by atoms with Crippen LogP contribution in [0.4, 0.5) is 18.9 Å². The molecule has 0 amide bonds. The molecule has 1 saturated heterocycles. The molecule has 2 aliphatic rings. The molecule has 1 aromatic heterocycles. The minimum atomic E-state index is -4.74. The molecule has 1 aliphatic heterocycles. The summed E-state index contributed by atoms with van der Waals surface area (Å²) in [5, 5.41) is 4.18. The van der Waals surface area contributed by atoms with Crippen molar-refractivity contribution in [3.63, 3.8) is 0 Å². The third kappa shape index (κ3) is 5.12. The summed E-state index contributed by atoms with van der Waals surface area (Å²) >= 11 is 0. The smallest absolute Gasteiger partial charge is 0.406 e. The van der Waals surface area contributed by atoms with E-state index in [2.05, 4.69) is 25.8 Å². The van der Waals surface area contributed by atoms with Gasteiger partial charge in [-0.15, -0.1) is 13.2 Å². The topological polar surface area (TPSA) is 68.5 Å². The number of benzene rings is 1. The molecule has 4 rings (SSSR count). The van der Waals surface area contributed by atoms with Crippen LogP contribution in [0.15, 0.2) is 52.8 Å². The number of alkyl halides is 3. The van der Waals surface area contributed by atoms with Gasteiger partial charge in [-0.05, 0) is 56.0 Å². The summed E-state index contributed by atoms with van der Waals surface area (Å²) in [5.74, 6) is 0.326. The van der Waals surface area contributed by atoms with Crippen molar-refractivity contribution in [2.24, 2.45) is 5.92 Å². The number of allylic oxidation sites excluding steroid dienone is 3. The van der Waals surface area contributed by atoms with Gasteiger partial charge in [-0.3, -0.25) is 0 Å². The van der Waals surface area contributed by atoms with Crippen molar-refractivity contribution in [2.45, 2.75) is 50.8 Å². The minimum absolute atomic E-state index is 0.128. The van der Waals surface area contributed by atoms with Crippen LogP contribution >= 0.6 is 0 Å². The Morgan fingerprint density at radius 1 is 1.33 bits per heavy atom. The highest BCUT2D eigenvalue weighted by Crippen LogP contribution is 2.39. The SMILES string of the molecule is CCC1(c2noc(C3CC(C=O)CN(c4cccc(C)c4)C3)n2)C=CC(OC(F)(F)F)=CC1. The Kier molecular flexibility index (Phi) is 6.32. The van der Waals surface area contributed by atoms with Crippen LogP contribution in [-0.2, 0) is 14.9 Å². The number of aldehydes is 1. The van der Waals surface area contributed by atoms with E-state index in [1.165, 1.54) is 12.2 Å². The van der Waals surface area contributed by atoms with Gasteiger partial charge in [0.05, 0.1) is 11.3 Å². The molecule has 0 spiro atoms. The zero-order valence-electron chi connectivity index (χ0n) is 18.5. The van der Waals surface area contributed by atoms with Gasteiger partial charge < -0.3 is 19.0 Å². The second-order valence-corrected chi connectivity index (χ2v) is 8.73. The maximum Gasteiger partial charge on any atom is 0.573 e. The molecular formula is C24H26F3N3O3. The lowest BCUT2D eigenvalue weighted by Crippen LogP contribution is -2.40. The largest absolute Gasteiger partial charge is 0.573 e. The highest BCUT2D eigenvalue weighted by atomic mass is 19.4. The van der Waals surface area contributed by atoms with E-state index in [1.807, 2.05) is 32.0 Å². The standard InChI is InChI=1S/C24H26F3N3O3/c1-3-23(9-7-20(8-10-23)32-24(25,26)27)22-28-21(33-29-22)18-12-17(15-31)13-30(14-18)19-6-4-5-16(2)11-19/h4-9,11,15,17-18H,3,10,12-14H2,1-2H3. The van der Waals surface area contributed by atoms with Crippen molar-refractivity contribution in [3.8, 4) is 0 Å². The van der Waals surface area contributed by atoms with E-state index in [0.29, 0.717) is 37.6 Å². The van der Waals surface area contributed by atoms with Crippen molar-refractivity contribution in [1.82, 2.24) is 10.1 Å². The number of aryl methyl sites for hydroxylation is 1. The van der Waals surface area contributed by atoms with Crippen molar-refractivity contribution in [1.29, 1.82) is 0 Å². The van der Waals surface area contributed by atoms with Crippen molar-refractivity contribution >= 4 is 12.0 Å². The molecule has 1 aromatic carbocycles. The van der Waals surface area contributed by atoms with E-state index in [9.17, 15) is 18.0 Å².